The van der Waals surface area contributed by atoms with Gasteiger partial charge in [-0.05, 0) is 12.1 Å². The normalized spacial score (nSPS) is 18.3. The fourth-order valence-corrected chi connectivity index (χ4v) is 3.62. The molecule has 6 nitrogen and oxygen atoms in total. The zero-order valence-corrected chi connectivity index (χ0v) is 11.9. The van der Waals surface area contributed by atoms with Gasteiger partial charge >= 0.3 is 10.2 Å². The van der Waals surface area contributed by atoms with E-state index in [1.165, 1.54) is 8.61 Å². The fraction of sp³-hybridized carbons (Fsp3) is 0.500. The maximum absolute atomic E-state index is 12.4. The number of rotatable bonds is 2. The summed E-state index contributed by atoms with van der Waals surface area (Å²) in [7, 11) is -0.355. The highest BCUT2D eigenvalue weighted by Crippen LogP contribution is 2.43. The second kappa shape index (κ2) is 4.28. The van der Waals surface area contributed by atoms with Crippen molar-refractivity contribution in [2.75, 3.05) is 49.5 Å². The number of ether oxygens (including phenoxy) is 1. The van der Waals surface area contributed by atoms with Crippen LogP contribution in [-0.2, 0) is 10.2 Å². The van der Waals surface area contributed by atoms with Gasteiger partial charge < -0.3 is 9.64 Å². The summed E-state index contributed by atoms with van der Waals surface area (Å²) in [6.45, 7) is 2.62. The summed E-state index contributed by atoms with van der Waals surface area (Å²) in [5, 5.41) is 0. The molecule has 0 fully saturated rings. The number of hydrogen-bond donors (Lipinski definition) is 0. The van der Waals surface area contributed by atoms with Crippen LogP contribution in [0.25, 0.3) is 0 Å². The predicted molar refractivity (Wildman–Crippen MR) is 74.1 cm³/mol. The van der Waals surface area contributed by atoms with Gasteiger partial charge in [-0.25, -0.2) is 0 Å². The van der Waals surface area contributed by atoms with E-state index in [1.807, 2.05) is 18.2 Å². The molecule has 0 aliphatic carbocycles. The van der Waals surface area contributed by atoms with Crippen LogP contribution in [0.3, 0.4) is 0 Å². The number of hydrogen-bond acceptors (Lipinski definition) is 4. The van der Waals surface area contributed by atoms with Crippen molar-refractivity contribution in [3.63, 3.8) is 0 Å². The Morgan fingerprint density at radius 3 is 2.74 bits per heavy atom. The van der Waals surface area contributed by atoms with Crippen molar-refractivity contribution in [1.29, 1.82) is 0 Å². The van der Waals surface area contributed by atoms with Crippen LogP contribution in [0.1, 0.15) is 0 Å². The average Bonchev–Trinajstić information content (AvgIpc) is 2.39. The Kier molecular flexibility index (Phi) is 2.83. The molecule has 0 N–H and O–H groups in total. The van der Waals surface area contributed by atoms with Crippen molar-refractivity contribution in [1.82, 2.24) is 4.31 Å². The van der Waals surface area contributed by atoms with E-state index in [1.54, 1.807) is 14.1 Å². The quantitative estimate of drug-likeness (QED) is 0.794. The maximum Gasteiger partial charge on any atom is 0.303 e. The lowest BCUT2D eigenvalue weighted by molar-refractivity contribution is 0.307. The number of benzene rings is 1. The summed E-state index contributed by atoms with van der Waals surface area (Å²) in [6, 6.07) is 5.55. The van der Waals surface area contributed by atoms with Gasteiger partial charge in [0, 0.05) is 20.6 Å². The van der Waals surface area contributed by atoms with Crippen molar-refractivity contribution >= 4 is 21.6 Å². The highest BCUT2D eigenvalue weighted by molar-refractivity contribution is 7.90. The first-order valence-electron chi connectivity index (χ1n) is 6.23. The first-order chi connectivity index (χ1) is 9.01. The molecule has 0 atom stereocenters. The fourth-order valence-electron chi connectivity index (χ4n) is 2.52. The molecule has 0 amide bonds. The second-order valence-electron chi connectivity index (χ2n) is 4.82. The Labute approximate surface area is 113 Å². The van der Waals surface area contributed by atoms with Crippen molar-refractivity contribution in [2.24, 2.45) is 0 Å². The van der Waals surface area contributed by atoms with Crippen LogP contribution < -0.4 is 13.9 Å². The third-order valence-electron chi connectivity index (χ3n) is 3.49. The zero-order chi connectivity index (χ0) is 13.6. The maximum atomic E-state index is 12.4. The van der Waals surface area contributed by atoms with Gasteiger partial charge in [-0.3, -0.25) is 4.31 Å². The molecule has 0 unspecified atom stereocenters. The molecule has 0 spiro atoms. The van der Waals surface area contributed by atoms with Crippen LogP contribution >= 0.6 is 0 Å². The van der Waals surface area contributed by atoms with Gasteiger partial charge in [-0.15, -0.1) is 0 Å². The molecule has 2 heterocycles. The summed E-state index contributed by atoms with van der Waals surface area (Å²) >= 11 is 0. The molecule has 0 radical (unpaired) electrons. The Hall–Kier alpha value is -1.47. The van der Waals surface area contributed by atoms with Crippen LogP contribution in [0.2, 0.25) is 0 Å². The first-order valence-corrected chi connectivity index (χ1v) is 7.62. The van der Waals surface area contributed by atoms with Crippen molar-refractivity contribution in [3.8, 4) is 5.75 Å². The van der Waals surface area contributed by atoms with E-state index < -0.39 is 10.2 Å². The summed E-state index contributed by atoms with van der Waals surface area (Å²) in [5.74, 6) is 0.766. The number of anilines is 2. The Balaban J connectivity index is 2.14. The van der Waals surface area contributed by atoms with Crippen molar-refractivity contribution < 1.29 is 13.2 Å². The molecular weight excluding hydrogens is 266 g/mol. The van der Waals surface area contributed by atoms with Gasteiger partial charge in [0.15, 0.2) is 0 Å². The molecule has 19 heavy (non-hydrogen) atoms. The van der Waals surface area contributed by atoms with E-state index in [4.69, 9.17) is 4.74 Å². The van der Waals surface area contributed by atoms with Crippen LogP contribution in [0.4, 0.5) is 11.4 Å². The predicted octanol–water partition coefficient (Wildman–Crippen LogP) is 0.512. The summed E-state index contributed by atoms with van der Waals surface area (Å²) in [6.07, 6.45) is 0. The molecule has 2 aliphatic rings. The summed E-state index contributed by atoms with van der Waals surface area (Å²) < 4.78 is 33.0. The molecule has 2 aliphatic heterocycles. The van der Waals surface area contributed by atoms with E-state index in [2.05, 4.69) is 4.90 Å². The van der Waals surface area contributed by atoms with Gasteiger partial charge in [-0.1, -0.05) is 6.07 Å². The van der Waals surface area contributed by atoms with Crippen molar-refractivity contribution in [2.45, 2.75) is 0 Å². The lowest BCUT2D eigenvalue weighted by Gasteiger charge is -2.41. The smallest absolute Gasteiger partial charge is 0.303 e. The largest absolute Gasteiger partial charge is 0.489 e. The van der Waals surface area contributed by atoms with Gasteiger partial charge in [0.05, 0.1) is 18.8 Å². The van der Waals surface area contributed by atoms with Gasteiger partial charge in [0.25, 0.3) is 0 Å². The SMILES string of the molecule is CN(C)S(=O)(=O)N1CCN2CCOc3cccc1c32. The van der Waals surface area contributed by atoms with E-state index >= 15 is 0 Å². The van der Waals surface area contributed by atoms with Crippen molar-refractivity contribution in [3.05, 3.63) is 18.2 Å². The lowest BCUT2D eigenvalue weighted by atomic mass is 10.1. The highest BCUT2D eigenvalue weighted by Gasteiger charge is 2.35. The molecular formula is C12H17N3O3S. The van der Waals surface area contributed by atoms with Gasteiger partial charge in [-0.2, -0.15) is 12.7 Å². The van der Waals surface area contributed by atoms with E-state index in [9.17, 15) is 8.42 Å². The minimum absolute atomic E-state index is 0.469. The standard InChI is InChI=1S/C12H17N3O3S/c1-13(2)19(16,17)15-7-6-14-8-9-18-11-5-3-4-10(15)12(11)14/h3-5H,6-9H2,1-2H3. The second-order valence-corrected chi connectivity index (χ2v) is 6.89. The summed E-state index contributed by atoms with van der Waals surface area (Å²) in [4.78, 5) is 2.19. The molecule has 7 heteroatoms. The van der Waals surface area contributed by atoms with E-state index in [0.29, 0.717) is 25.4 Å². The molecule has 1 aromatic carbocycles. The number of nitrogens with zero attached hydrogens (tertiary/aromatic N) is 3. The van der Waals surface area contributed by atoms with Crippen LogP contribution in [-0.4, -0.2) is 53.1 Å². The molecule has 0 bridgehead atoms. The Morgan fingerprint density at radius 2 is 2.00 bits per heavy atom. The monoisotopic (exact) mass is 283 g/mol. The Morgan fingerprint density at radius 1 is 1.21 bits per heavy atom. The zero-order valence-electron chi connectivity index (χ0n) is 11.0. The number of para-hydroxylation sites is 1. The van der Waals surface area contributed by atoms with E-state index in [0.717, 1.165) is 18.0 Å². The minimum atomic E-state index is -3.45. The van der Waals surface area contributed by atoms with Gasteiger partial charge in [0.2, 0.25) is 0 Å². The minimum Gasteiger partial charge on any atom is -0.489 e. The Bertz CT molecular complexity index is 600. The molecule has 104 valence electrons. The molecule has 0 saturated heterocycles. The molecule has 1 aromatic rings. The highest BCUT2D eigenvalue weighted by atomic mass is 32.2. The van der Waals surface area contributed by atoms with E-state index in [-0.39, 0.29) is 0 Å². The molecule has 0 aromatic heterocycles. The van der Waals surface area contributed by atoms with Crippen LogP contribution in [0.5, 0.6) is 5.75 Å². The van der Waals surface area contributed by atoms with Crippen LogP contribution in [0, 0.1) is 0 Å². The lowest BCUT2D eigenvalue weighted by Crippen LogP contribution is -2.49. The topological polar surface area (TPSA) is 53.1 Å². The van der Waals surface area contributed by atoms with Crippen LogP contribution in [0.15, 0.2) is 18.2 Å². The summed E-state index contributed by atoms with van der Waals surface area (Å²) in [5.41, 5.74) is 1.60. The molecule has 3 rings (SSSR count). The average molecular weight is 283 g/mol. The third kappa shape index (κ3) is 1.84. The molecule has 0 saturated carbocycles. The first kappa shape index (κ1) is 12.6. The van der Waals surface area contributed by atoms with Gasteiger partial charge in [0.1, 0.15) is 18.0 Å². The third-order valence-corrected chi connectivity index (χ3v) is 5.35.